The van der Waals surface area contributed by atoms with Gasteiger partial charge in [-0.15, -0.1) is 0 Å². The highest BCUT2D eigenvalue weighted by Gasteiger charge is 2.15. The molecule has 1 aromatic carbocycles. The summed E-state index contributed by atoms with van der Waals surface area (Å²) < 4.78 is 31.6. The van der Waals surface area contributed by atoms with Gasteiger partial charge in [0.05, 0.1) is 18.9 Å². The number of benzene rings is 1. The number of hydrogen-bond donors (Lipinski definition) is 0. The standard InChI is InChI=1S/C16H14N2O4S/c1-21-16-10-13(8-9-15(16)18-22-23(2,19)20)14(11-17)12-6-4-3-5-7-12/h3-10H,1-2H3/b14-13-,18-15+. The van der Waals surface area contributed by atoms with Crippen LogP contribution in [0.25, 0.3) is 5.57 Å². The molecule has 23 heavy (non-hydrogen) atoms. The molecule has 7 heteroatoms. The molecule has 0 aromatic heterocycles. The maximum Gasteiger partial charge on any atom is 0.325 e. The van der Waals surface area contributed by atoms with Crippen molar-refractivity contribution >= 4 is 21.4 Å². The van der Waals surface area contributed by atoms with E-state index in [1.54, 1.807) is 12.2 Å². The molecule has 0 fully saturated rings. The zero-order valence-corrected chi connectivity index (χ0v) is 13.4. The minimum absolute atomic E-state index is 0.215. The van der Waals surface area contributed by atoms with Crippen molar-refractivity contribution in [2.45, 2.75) is 0 Å². The first kappa shape index (κ1) is 16.5. The maximum absolute atomic E-state index is 11.0. The summed E-state index contributed by atoms with van der Waals surface area (Å²) in [6.45, 7) is 0. The summed E-state index contributed by atoms with van der Waals surface area (Å²) in [6.07, 6.45) is 5.68. The lowest BCUT2D eigenvalue weighted by molar-refractivity contribution is 0.305. The van der Waals surface area contributed by atoms with Gasteiger partial charge in [0.1, 0.15) is 17.5 Å². The fraction of sp³-hybridized carbons (Fsp3) is 0.125. The quantitative estimate of drug-likeness (QED) is 0.625. The molecule has 0 heterocycles. The molecule has 1 aliphatic rings. The number of nitrogens with zero attached hydrogens (tertiary/aromatic N) is 2. The summed E-state index contributed by atoms with van der Waals surface area (Å²) in [4.78, 5) is 0. The second kappa shape index (κ2) is 6.94. The van der Waals surface area contributed by atoms with Gasteiger partial charge in [0, 0.05) is 0 Å². The minimum Gasteiger partial charge on any atom is -0.494 e. The summed E-state index contributed by atoms with van der Waals surface area (Å²) in [5, 5.41) is 13.0. The van der Waals surface area contributed by atoms with E-state index < -0.39 is 10.1 Å². The van der Waals surface area contributed by atoms with E-state index in [9.17, 15) is 13.7 Å². The molecular weight excluding hydrogens is 316 g/mol. The minimum atomic E-state index is -3.70. The average molecular weight is 330 g/mol. The molecule has 0 saturated carbocycles. The molecule has 0 radical (unpaired) electrons. The monoisotopic (exact) mass is 330 g/mol. The molecule has 0 aliphatic heterocycles. The Morgan fingerprint density at radius 2 is 1.91 bits per heavy atom. The van der Waals surface area contributed by atoms with Gasteiger partial charge in [-0.05, 0) is 23.3 Å². The molecule has 0 saturated heterocycles. The number of nitriles is 1. The van der Waals surface area contributed by atoms with Crippen LogP contribution in [0.15, 0.2) is 65.0 Å². The van der Waals surface area contributed by atoms with E-state index in [-0.39, 0.29) is 5.71 Å². The molecule has 0 spiro atoms. The van der Waals surface area contributed by atoms with Crippen LogP contribution in [-0.2, 0) is 19.1 Å². The van der Waals surface area contributed by atoms with Gasteiger partial charge in [-0.2, -0.15) is 13.7 Å². The van der Waals surface area contributed by atoms with Gasteiger partial charge in [-0.1, -0.05) is 41.6 Å². The van der Waals surface area contributed by atoms with Gasteiger partial charge < -0.3 is 4.74 Å². The van der Waals surface area contributed by atoms with E-state index in [4.69, 9.17) is 4.74 Å². The van der Waals surface area contributed by atoms with Crippen molar-refractivity contribution in [3.63, 3.8) is 0 Å². The summed E-state index contributed by atoms with van der Waals surface area (Å²) in [5.74, 6) is 0.301. The zero-order valence-electron chi connectivity index (χ0n) is 12.6. The Kier molecular flexibility index (Phi) is 4.98. The van der Waals surface area contributed by atoms with Crippen LogP contribution >= 0.6 is 0 Å². The second-order valence-corrected chi connectivity index (χ2v) is 6.17. The van der Waals surface area contributed by atoms with Crippen LogP contribution in [0, 0.1) is 11.3 Å². The molecule has 0 bridgehead atoms. The molecule has 118 valence electrons. The maximum atomic E-state index is 11.0. The van der Waals surface area contributed by atoms with E-state index in [0.29, 0.717) is 16.9 Å². The van der Waals surface area contributed by atoms with Gasteiger partial charge in [0.25, 0.3) is 0 Å². The molecule has 2 rings (SSSR count). The number of hydrogen-bond acceptors (Lipinski definition) is 6. The van der Waals surface area contributed by atoms with Gasteiger partial charge in [-0.3, -0.25) is 4.28 Å². The molecule has 0 N–H and O–H groups in total. The van der Waals surface area contributed by atoms with E-state index in [0.717, 1.165) is 11.8 Å². The molecule has 1 aromatic rings. The first-order chi connectivity index (χ1) is 10.9. The molecule has 0 atom stereocenters. The third-order valence-electron chi connectivity index (χ3n) is 2.91. The largest absolute Gasteiger partial charge is 0.494 e. The van der Waals surface area contributed by atoms with Crippen molar-refractivity contribution in [1.29, 1.82) is 5.26 Å². The summed E-state index contributed by atoms with van der Waals surface area (Å²) in [5.41, 5.74) is 2.09. The smallest absolute Gasteiger partial charge is 0.325 e. The summed E-state index contributed by atoms with van der Waals surface area (Å²) in [7, 11) is -2.28. The van der Waals surface area contributed by atoms with Crippen molar-refractivity contribution in [3.05, 3.63) is 65.5 Å². The summed E-state index contributed by atoms with van der Waals surface area (Å²) in [6, 6.07) is 11.4. The Bertz CT molecular complexity index is 857. The van der Waals surface area contributed by atoms with Crippen LogP contribution in [0.5, 0.6) is 0 Å². The number of rotatable bonds is 4. The number of allylic oxidation sites excluding steroid dienone is 5. The van der Waals surface area contributed by atoms with Crippen LogP contribution in [0.4, 0.5) is 0 Å². The highest BCUT2D eigenvalue weighted by Crippen LogP contribution is 2.24. The molecule has 0 amide bonds. The average Bonchev–Trinajstić information content (AvgIpc) is 2.54. The first-order valence-corrected chi connectivity index (χ1v) is 8.37. The lowest BCUT2D eigenvalue weighted by Crippen LogP contribution is -2.09. The Hall–Kier alpha value is -2.85. The Labute approximate surface area is 134 Å². The number of ether oxygens (including phenoxy) is 1. The van der Waals surface area contributed by atoms with Gasteiger partial charge in [0.2, 0.25) is 0 Å². The first-order valence-electron chi connectivity index (χ1n) is 6.55. The topological polar surface area (TPSA) is 88.8 Å². The fourth-order valence-corrected chi connectivity index (χ4v) is 2.13. The third kappa shape index (κ3) is 4.31. The Balaban J connectivity index is 2.44. The van der Waals surface area contributed by atoms with Crippen LogP contribution in [0.1, 0.15) is 5.56 Å². The van der Waals surface area contributed by atoms with E-state index >= 15 is 0 Å². The van der Waals surface area contributed by atoms with Crippen LogP contribution < -0.4 is 0 Å². The van der Waals surface area contributed by atoms with E-state index in [1.807, 2.05) is 30.3 Å². The lowest BCUT2D eigenvalue weighted by atomic mass is 9.97. The zero-order chi connectivity index (χ0) is 16.9. The second-order valence-electron chi connectivity index (χ2n) is 4.61. The normalized spacial score (nSPS) is 18.1. The Morgan fingerprint density at radius 3 is 2.48 bits per heavy atom. The van der Waals surface area contributed by atoms with Gasteiger partial charge in [0.15, 0.2) is 0 Å². The van der Waals surface area contributed by atoms with Crippen molar-refractivity contribution in [2.75, 3.05) is 13.4 Å². The predicted octanol–water partition coefficient (Wildman–Crippen LogP) is 2.40. The van der Waals surface area contributed by atoms with Gasteiger partial charge >= 0.3 is 10.1 Å². The SMILES string of the molecule is COC1=CC(=C(/C#N)c2ccccc2)/C=CC/1=N\OS(C)(=O)=O. The van der Waals surface area contributed by atoms with Crippen LogP contribution in [0.3, 0.4) is 0 Å². The lowest BCUT2D eigenvalue weighted by Gasteiger charge is -2.12. The molecule has 1 aliphatic carbocycles. The van der Waals surface area contributed by atoms with Crippen molar-refractivity contribution < 1.29 is 17.4 Å². The number of methoxy groups -OCH3 is 1. The molecular formula is C16H14N2O4S. The van der Waals surface area contributed by atoms with Crippen LogP contribution in [0.2, 0.25) is 0 Å². The molecule has 6 nitrogen and oxygen atoms in total. The van der Waals surface area contributed by atoms with Crippen LogP contribution in [-0.4, -0.2) is 27.5 Å². The van der Waals surface area contributed by atoms with Crippen molar-refractivity contribution in [2.24, 2.45) is 5.16 Å². The van der Waals surface area contributed by atoms with Crippen molar-refractivity contribution in [3.8, 4) is 6.07 Å². The highest BCUT2D eigenvalue weighted by atomic mass is 32.2. The fourth-order valence-electron chi connectivity index (χ4n) is 1.92. The van der Waals surface area contributed by atoms with E-state index in [2.05, 4.69) is 15.5 Å². The third-order valence-corrected chi connectivity index (χ3v) is 3.26. The highest BCUT2D eigenvalue weighted by molar-refractivity contribution is 7.85. The predicted molar refractivity (Wildman–Crippen MR) is 86.6 cm³/mol. The van der Waals surface area contributed by atoms with Gasteiger partial charge in [-0.25, -0.2) is 0 Å². The summed E-state index contributed by atoms with van der Waals surface area (Å²) >= 11 is 0. The number of oxime groups is 1. The van der Waals surface area contributed by atoms with E-state index in [1.165, 1.54) is 13.2 Å². The molecule has 0 unspecified atom stereocenters. The van der Waals surface area contributed by atoms with Crippen molar-refractivity contribution in [1.82, 2.24) is 0 Å². The Morgan fingerprint density at radius 1 is 1.22 bits per heavy atom.